The molecule has 1 aromatic heterocycles. The normalized spacial score (nSPS) is 26.0. The van der Waals surface area contributed by atoms with Crippen LogP contribution in [0.1, 0.15) is 55.5 Å². The van der Waals surface area contributed by atoms with Gasteiger partial charge in [-0.1, -0.05) is 39.5 Å². The number of hydrogen-bond donors (Lipinski definition) is 2. The lowest BCUT2D eigenvalue weighted by Gasteiger charge is -2.32. The minimum atomic E-state index is -1.02. The Morgan fingerprint density at radius 2 is 2.00 bits per heavy atom. The van der Waals surface area contributed by atoms with Gasteiger partial charge in [-0.25, -0.2) is 9.38 Å². The standard InChI is InChI=1S/C31H28FN5O3/c1-5-22-27(30(2,3)4)37-26(38)11-7-17-6-10-25-21(12-17)31(14-24(35-22)28-34-19(15-33)16-39-28)20-13-18(32)8-9-23(20)36-29(31)40-25/h5-6,8-10,12-14,16,27,29,36H,1,7,11H2,2-4H3,(H,37,38)/b24-14+,35-22+/t27-,29?,31+/m1/s1. The van der Waals surface area contributed by atoms with Crippen molar-refractivity contribution in [2.24, 2.45) is 10.4 Å². The number of amides is 1. The van der Waals surface area contributed by atoms with E-state index in [2.05, 4.69) is 22.2 Å². The number of nitrogens with one attached hydrogen (secondary N) is 2. The van der Waals surface area contributed by atoms with Crippen LogP contribution in [-0.2, 0) is 16.6 Å². The van der Waals surface area contributed by atoms with Gasteiger partial charge in [-0.2, -0.15) is 10.2 Å². The monoisotopic (exact) mass is 537 g/mol. The topological polar surface area (TPSA) is 113 Å². The van der Waals surface area contributed by atoms with E-state index in [1.807, 2.05) is 51.1 Å². The second kappa shape index (κ2) is 9.19. The van der Waals surface area contributed by atoms with Crippen LogP contribution in [0.25, 0.3) is 5.70 Å². The van der Waals surface area contributed by atoms with Gasteiger partial charge in [0.1, 0.15) is 35.0 Å². The summed E-state index contributed by atoms with van der Waals surface area (Å²) in [4.78, 5) is 22.5. The quantitative estimate of drug-likeness (QED) is 0.461. The van der Waals surface area contributed by atoms with Crippen molar-refractivity contribution in [3.8, 4) is 11.8 Å². The molecule has 2 N–H and O–H groups in total. The number of benzene rings is 2. The van der Waals surface area contributed by atoms with Crippen molar-refractivity contribution >= 4 is 23.0 Å². The van der Waals surface area contributed by atoms with E-state index < -0.39 is 23.1 Å². The Balaban J connectivity index is 1.70. The number of aromatic nitrogens is 1. The zero-order valence-corrected chi connectivity index (χ0v) is 22.4. The summed E-state index contributed by atoms with van der Waals surface area (Å²) in [6.45, 7) is 10.0. The zero-order chi connectivity index (χ0) is 28.2. The zero-order valence-electron chi connectivity index (χ0n) is 22.4. The molecule has 1 spiro atoms. The molecule has 40 heavy (non-hydrogen) atoms. The third kappa shape index (κ3) is 4.08. The maximum absolute atomic E-state index is 14.8. The Hall–Kier alpha value is -4.71. The van der Waals surface area contributed by atoms with Crippen molar-refractivity contribution in [2.75, 3.05) is 5.32 Å². The lowest BCUT2D eigenvalue weighted by atomic mass is 9.74. The molecule has 0 radical (unpaired) electrons. The van der Waals surface area contributed by atoms with Crippen LogP contribution in [0.2, 0.25) is 0 Å². The van der Waals surface area contributed by atoms with Crippen molar-refractivity contribution in [2.45, 2.75) is 51.3 Å². The maximum Gasteiger partial charge on any atom is 0.246 e. The summed E-state index contributed by atoms with van der Waals surface area (Å²) >= 11 is 0. The Morgan fingerprint density at radius 1 is 1.18 bits per heavy atom. The Morgan fingerprint density at radius 3 is 2.73 bits per heavy atom. The summed E-state index contributed by atoms with van der Waals surface area (Å²) in [5.74, 6) is 0.226. The number of halogens is 1. The van der Waals surface area contributed by atoms with Crippen molar-refractivity contribution in [3.63, 3.8) is 0 Å². The fourth-order valence-electron chi connectivity index (χ4n) is 5.70. The van der Waals surface area contributed by atoms with E-state index in [0.717, 1.165) is 16.8 Å². The van der Waals surface area contributed by atoms with Crippen LogP contribution in [0, 0.1) is 22.6 Å². The van der Waals surface area contributed by atoms with Crippen LogP contribution in [0.4, 0.5) is 10.1 Å². The first-order chi connectivity index (χ1) is 19.1. The van der Waals surface area contributed by atoms with Crippen molar-refractivity contribution in [3.05, 3.63) is 95.5 Å². The van der Waals surface area contributed by atoms with E-state index >= 15 is 0 Å². The van der Waals surface area contributed by atoms with E-state index in [4.69, 9.17) is 14.1 Å². The molecule has 0 saturated heterocycles. The van der Waals surface area contributed by atoms with Gasteiger partial charge in [0.25, 0.3) is 0 Å². The molecule has 6 rings (SSSR count). The van der Waals surface area contributed by atoms with Gasteiger partial charge in [-0.05, 0) is 59.4 Å². The first-order valence-corrected chi connectivity index (χ1v) is 13.1. The molecule has 3 aromatic rings. The lowest BCUT2D eigenvalue weighted by molar-refractivity contribution is -0.121. The third-order valence-electron chi connectivity index (χ3n) is 7.63. The molecule has 3 aliphatic heterocycles. The molecule has 0 aliphatic carbocycles. The highest BCUT2D eigenvalue weighted by Crippen LogP contribution is 2.56. The van der Waals surface area contributed by atoms with Gasteiger partial charge in [0.15, 0.2) is 11.9 Å². The van der Waals surface area contributed by atoms with Crippen LogP contribution in [0.15, 0.2) is 70.8 Å². The molecule has 2 bridgehead atoms. The lowest BCUT2D eigenvalue weighted by Crippen LogP contribution is -2.48. The fraction of sp³-hybridized carbons (Fsp3) is 0.290. The number of nitrogens with zero attached hydrogens (tertiary/aromatic N) is 3. The van der Waals surface area contributed by atoms with Crippen LogP contribution in [0.3, 0.4) is 0 Å². The Kier molecular flexibility index (Phi) is 5.88. The molecule has 8 nitrogen and oxygen atoms in total. The van der Waals surface area contributed by atoms with E-state index in [9.17, 15) is 14.4 Å². The molecule has 1 amide bonds. The largest absolute Gasteiger partial charge is 0.469 e. The summed E-state index contributed by atoms with van der Waals surface area (Å²) in [7, 11) is 0. The number of aliphatic imine (C=N–C) groups is 1. The summed E-state index contributed by atoms with van der Waals surface area (Å²) in [5, 5.41) is 16.0. The van der Waals surface area contributed by atoms with Gasteiger partial charge in [-0.3, -0.25) is 4.79 Å². The highest BCUT2D eigenvalue weighted by molar-refractivity contribution is 6.04. The van der Waals surface area contributed by atoms with Crippen LogP contribution in [0.5, 0.6) is 5.75 Å². The van der Waals surface area contributed by atoms with Gasteiger partial charge >= 0.3 is 0 Å². The van der Waals surface area contributed by atoms with Gasteiger partial charge in [-0.15, -0.1) is 0 Å². The molecular formula is C31H28FN5O3. The summed E-state index contributed by atoms with van der Waals surface area (Å²) in [6.07, 6.45) is 4.88. The number of fused-ring (bicyclic) bond motifs is 2. The van der Waals surface area contributed by atoms with Crippen molar-refractivity contribution < 1.29 is 18.3 Å². The number of carbonyl (C=O) groups is 1. The van der Waals surface area contributed by atoms with E-state index in [1.54, 1.807) is 12.1 Å². The number of hydrogen-bond acceptors (Lipinski definition) is 7. The predicted octanol–water partition coefficient (Wildman–Crippen LogP) is 5.26. The number of anilines is 1. The minimum absolute atomic E-state index is 0.0882. The van der Waals surface area contributed by atoms with Gasteiger partial charge in [0.05, 0.1) is 11.8 Å². The van der Waals surface area contributed by atoms with Crippen molar-refractivity contribution in [1.29, 1.82) is 5.26 Å². The van der Waals surface area contributed by atoms with Gasteiger partial charge in [0.2, 0.25) is 11.8 Å². The molecule has 4 heterocycles. The minimum Gasteiger partial charge on any atom is -0.469 e. The average molecular weight is 538 g/mol. The summed E-state index contributed by atoms with van der Waals surface area (Å²) in [5.41, 5.74) is 2.58. The summed E-state index contributed by atoms with van der Waals surface area (Å²) in [6, 6.07) is 11.9. The highest BCUT2D eigenvalue weighted by atomic mass is 19.1. The molecule has 0 fully saturated rings. The third-order valence-corrected chi connectivity index (χ3v) is 7.63. The fourth-order valence-corrected chi connectivity index (χ4v) is 5.70. The molecule has 2 aromatic carbocycles. The molecule has 1 unspecified atom stereocenters. The van der Waals surface area contributed by atoms with Gasteiger partial charge < -0.3 is 19.8 Å². The number of ether oxygens (including phenoxy) is 1. The van der Waals surface area contributed by atoms with Crippen LogP contribution < -0.4 is 15.4 Å². The number of oxazole rings is 1. The van der Waals surface area contributed by atoms with Crippen molar-refractivity contribution in [1.82, 2.24) is 10.3 Å². The van der Waals surface area contributed by atoms with Gasteiger partial charge in [0, 0.05) is 17.7 Å². The number of carbonyl (C=O) groups excluding carboxylic acids is 1. The predicted molar refractivity (Wildman–Crippen MR) is 148 cm³/mol. The Bertz CT molecular complexity index is 1660. The molecule has 202 valence electrons. The molecular weight excluding hydrogens is 509 g/mol. The van der Waals surface area contributed by atoms with E-state index in [0.29, 0.717) is 29.1 Å². The second-order valence-electron chi connectivity index (χ2n) is 11.3. The second-order valence-corrected chi connectivity index (χ2v) is 11.3. The smallest absolute Gasteiger partial charge is 0.246 e. The molecule has 3 atom stereocenters. The first kappa shape index (κ1) is 25.6. The summed E-state index contributed by atoms with van der Waals surface area (Å²) < 4.78 is 26.9. The van der Waals surface area contributed by atoms with E-state index in [-0.39, 0.29) is 29.7 Å². The number of aryl methyl sites for hydroxylation is 1. The van der Waals surface area contributed by atoms with Crippen LogP contribution >= 0.6 is 0 Å². The number of rotatable bonds is 2. The first-order valence-electron chi connectivity index (χ1n) is 13.1. The highest BCUT2D eigenvalue weighted by Gasteiger charge is 2.55. The van der Waals surface area contributed by atoms with E-state index in [1.165, 1.54) is 18.4 Å². The Labute approximate surface area is 231 Å². The van der Waals surface area contributed by atoms with Crippen LogP contribution in [-0.4, -0.2) is 28.9 Å². The molecule has 9 heteroatoms. The molecule has 0 saturated carbocycles. The number of nitriles is 1. The average Bonchev–Trinajstić information content (AvgIpc) is 3.59. The molecule has 3 aliphatic rings. The SMILES string of the molecule is C=C/C1=N\C(c2nc(C#N)co2)=C\[C@@]23c4cc(F)ccc4NC2Oc2ccc(cc23)CCC(=O)N[C@H]1C(C)(C)C. The maximum atomic E-state index is 14.8.